The predicted molar refractivity (Wildman–Crippen MR) is 84.4 cm³/mol. The van der Waals surface area contributed by atoms with Crippen molar-refractivity contribution >= 4 is 11.9 Å². The minimum absolute atomic E-state index is 0.595. The number of rotatable bonds is 7. The average Bonchev–Trinajstić information content (AvgIpc) is 2.92. The number of nitrogens with one attached hydrogen (secondary N) is 1. The Morgan fingerprint density at radius 2 is 1.90 bits per heavy atom. The molecule has 7 nitrogen and oxygen atoms in total. The minimum Gasteiger partial charge on any atom is -0.354 e. The summed E-state index contributed by atoms with van der Waals surface area (Å²) in [6.07, 6.45) is 4.65. The Morgan fingerprint density at radius 3 is 2.48 bits per heavy atom. The molecule has 0 aromatic carbocycles. The summed E-state index contributed by atoms with van der Waals surface area (Å²) in [6.45, 7) is 8.84. The lowest BCUT2D eigenvalue weighted by molar-refractivity contribution is 0.806. The van der Waals surface area contributed by atoms with Crippen LogP contribution in [0.1, 0.15) is 27.2 Å². The van der Waals surface area contributed by atoms with Gasteiger partial charge >= 0.3 is 0 Å². The molecule has 2 aromatic heterocycles. The molecule has 0 aliphatic rings. The third kappa shape index (κ3) is 3.48. The second-order valence-corrected chi connectivity index (χ2v) is 4.74. The summed E-state index contributed by atoms with van der Waals surface area (Å²) >= 11 is 0. The molecule has 114 valence electrons. The lowest BCUT2D eigenvalue weighted by atomic mass is 10.5. The van der Waals surface area contributed by atoms with Crippen molar-refractivity contribution in [2.45, 2.75) is 27.2 Å². The second-order valence-electron chi connectivity index (χ2n) is 4.74. The van der Waals surface area contributed by atoms with E-state index < -0.39 is 0 Å². The number of anilines is 2. The Kier molecular flexibility index (Phi) is 5.08. The first kappa shape index (κ1) is 15.2. The number of hydrogen-bond donors (Lipinski definition) is 1. The summed E-state index contributed by atoms with van der Waals surface area (Å²) in [5.74, 6) is 2.63. The van der Waals surface area contributed by atoms with Gasteiger partial charge in [-0.25, -0.2) is 4.98 Å². The number of aryl methyl sites for hydroxylation is 1. The van der Waals surface area contributed by atoms with Gasteiger partial charge in [0, 0.05) is 39.1 Å². The quantitative estimate of drug-likeness (QED) is 0.840. The molecule has 0 fully saturated rings. The van der Waals surface area contributed by atoms with E-state index in [2.05, 4.69) is 50.9 Å². The van der Waals surface area contributed by atoms with Crippen molar-refractivity contribution in [1.29, 1.82) is 0 Å². The SMILES string of the molecule is CCCNc1nc(-c2nccn2C)nc(N(CC)CC)n1. The molecule has 2 heterocycles. The normalized spacial score (nSPS) is 10.7. The van der Waals surface area contributed by atoms with Crippen molar-refractivity contribution in [3.05, 3.63) is 12.4 Å². The first-order chi connectivity index (χ1) is 10.2. The third-order valence-corrected chi connectivity index (χ3v) is 3.22. The highest BCUT2D eigenvalue weighted by molar-refractivity contribution is 5.51. The van der Waals surface area contributed by atoms with Crippen molar-refractivity contribution in [3.63, 3.8) is 0 Å². The molecule has 0 spiro atoms. The van der Waals surface area contributed by atoms with Crippen LogP contribution in [0.3, 0.4) is 0 Å². The molecule has 0 saturated carbocycles. The van der Waals surface area contributed by atoms with Crippen LogP contribution in [0.15, 0.2) is 12.4 Å². The average molecular weight is 289 g/mol. The van der Waals surface area contributed by atoms with Gasteiger partial charge in [0.1, 0.15) is 0 Å². The molecule has 21 heavy (non-hydrogen) atoms. The predicted octanol–water partition coefficient (Wildman–Crippen LogP) is 1.94. The Bertz CT molecular complexity index is 574. The molecule has 0 radical (unpaired) electrons. The summed E-state index contributed by atoms with van der Waals surface area (Å²) in [7, 11) is 1.93. The largest absolute Gasteiger partial charge is 0.354 e. The second kappa shape index (κ2) is 7.01. The van der Waals surface area contributed by atoms with Crippen molar-refractivity contribution in [2.24, 2.45) is 7.05 Å². The van der Waals surface area contributed by atoms with Gasteiger partial charge in [0.15, 0.2) is 5.82 Å². The Labute approximate surface area is 125 Å². The summed E-state index contributed by atoms with van der Waals surface area (Å²) in [6, 6.07) is 0. The van der Waals surface area contributed by atoms with Crippen LogP contribution in [0, 0.1) is 0 Å². The van der Waals surface area contributed by atoms with Gasteiger partial charge in [-0.15, -0.1) is 0 Å². The summed E-state index contributed by atoms with van der Waals surface area (Å²) in [5.41, 5.74) is 0. The van der Waals surface area contributed by atoms with Crippen LogP contribution in [0.2, 0.25) is 0 Å². The maximum absolute atomic E-state index is 4.57. The van der Waals surface area contributed by atoms with Crippen molar-refractivity contribution in [3.8, 4) is 11.6 Å². The van der Waals surface area contributed by atoms with Crippen LogP contribution in [0.5, 0.6) is 0 Å². The van der Waals surface area contributed by atoms with Gasteiger partial charge in [0.05, 0.1) is 0 Å². The standard InChI is InChI=1S/C14H23N7/c1-5-8-16-13-17-11(12-15-9-10-20(12)4)18-14(19-13)21(6-2)7-3/h9-10H,5-8H2,1-4H3,(H,16,17,18,19). The van der Waals surface area contributed by atoms with Gasteiger partial charge in [-0.1, -0.05) is 6.92 Å². The van der Waals surface area contributed by atoms with Crippen LogP contribution in [0.4, 0.5) is 11.9 Å². The van der Waals surface area contributed by atoms with Crippen LogP contribution in [-0.4, -0.2) is 44.1 Å². The molecule has 0 aliphatic carbocycles. The molecule has 0 bridgehead atoms. The zero-order chi connectivity index (χ0) is 15.2. The fourth-order valence-electron chi connectivity index (χ4n) is 2.01. The van der Waals surface area contributed by atoms with E-state index in [1.54, 1.807) is 6.20 Å². The number of aromatic nitrogens is 5. The van der Waals surface area contributed by atoms with E-state index in [0.717, 1.165) is 31.9 Å². The van der Waals surface area contributed by atoms with E-state index in [1.165, 1.54) is 0 Å². The Hall–Kier alpha value is -2.18. The van der Waals surface area contributed by atoms with E-state index in [9.17, 15) is 0 Å². The van der Waals surface area contributed by atoms with Crippen LogP contribution < -0.4 is 10.2 Å². The topological polar surface area (TPSA) is 71.8 Å². The third-order valence-electron chi connectivity index (χ3n) is 3.22. The Balaban J connectivity index is 2.44. The van der Waals surface area contributed by atoms with Crippen molar-refractivity contribution < 1.29 is 0 Å². The van der Waals surface area contributed by atoms with Gasteiger partial charge in [0.2, 0.25) is 17.7 Å². The Morgan fingerprint density at radius 1 is 1.14 bits per heavy atom. The van der Waals surface area contributed by atoms with E-state index in [-0.39, 0.29) is 0 Å². The minimum atomic E-state index is 0.595. The van der Waals surface area contributed by atoms with Gasteiger partial charge in [-0.3, -0.25) is 0 Å². The summed E-state index contributed by atoms with van der Waals surface area (Å²) < 4.78 is 1.91. The fourth-order valence-corrected chi connectivity index (χ4v) is 2.01. The summed E-state index contributed by atoms with van der Waals surface area (Å²) in [4.78, 5) is 20.0. The molecule has 7 heteroatoms. The highest BCUT2D eigenvalue weighted by Gasteiger charge is 2.14. The lowest BCUT2D eigenvalue weighted by Crippen LogP contribution is -2.25. The number of imidazole rings is 1. The maximum atomic E-state index is 4.57. The fraction of sp³-hybridized carbons (Fsp3) is 0.571. The highest BCUT2D eigenvalue weighted by atomic mass is 15.3. The van der Waals surface area contributed by atoms with Crippen molar-refractivity contribution in [2.75, 3.05) is 29.9 Å². The van der Waals surface area contributed by atoms with Gasteiger partial charge < -0.3 is 14.8 Å². The zero-order valence-corrected chi connectivity index (χ0v) is 13.2. The maximum Gasteiger partial charge on any atom is 0.230 e. The highest BCUT2D eigenvalue weighted by Crippen LogP contribution is 2.17. The number of hydrogen-bond acceptors (Lipinski definition) is 6. The monoisotopic (exact) mass is 289 g/mol. The van der Waals surface area contributed by atoms with Crippen LogP contribution in [-0.2, 0) is 7.05 Å². The smallest absolute Gasteiger partial charge is 0.230 e. The van der Waals surface area contributed by atoms with Crippen LogP contribution in [0.25, 0.3) is 11.6 Å². The van der Waals surface area contributed by atoms with Crippen molar-refractivity contribution in [1.82, 2.24) is 24.5 Å². The molecule has 0 aliphatic heterocycles. The first-order valence-corrected chi connectivity index (χ1v) is 7.42. The molecule has 0 amide bonds. The van der Waals surface area contributed by atoms with E-state index in [0.29, 0.717) is 17.7 Å². The molecule has 0 unspecified atom stereocenters. The van der Waals surface area contributed by atoms with E-state index in [4.69, 9.17) is 0 Å². The van der Waals surface area contributed by atoms with E-state index >= 15 is 0 Å². The van der Waals surface area contributed by atoms with Crippen LogP contribution >= 0.6 is 0 Å². The molecular weight excluding hydrogens is 266 g/mol. The molecule has 2 aromatic rings. The molecule has 0 atom stereocenters. The van der Waals surface area contributed by atoms with Gasteiger partial charge in [0.25, 0.3) is 0 Å². The van der Waals surface area contributed by atoms with E-state index in [1.807, 2.05) is 17.8 Å². The molecular formula is C14H23N7. The molecule has 1 N–H and O–H groups in total. The molecule has 2 rings (SSSR count). The van der Waals surface area contributed by atoms with Gasteiger partial charge in [-0.2, -0.15) is 15.0 Å². The summed E-state index contributed by atoms with van der Waals surface area (Å²) in [5, 5.41) is 3.23. The van der Waals surface area contributed by atoms with Gasteiger partial charge in [-0.05, 0) is 20.3 Å². The zero-order valence-electron chi connectivity index (χ0n) is 13.2. The molecule has 0 saturated heterocycles. The lowest BCUT2D eigenvalue weighted by Gasteiger charge is -2.19. The first-order valence-electron chi connectivity index (χ1n) is 7.42. The number of nitrogens with zero attached hydrogens (tertiary/aromatic N) is 6.